The van der Waals surface area contributed by atoms with Crippen LogP contribution in [0.1, 0.15) is 62.4 Å². The van der Waals surface area contributed by atoms with E-state index < -0.39 is 17.3 Å². The first-order valence-corrected chi connectivity index (χ1v) is 9.98. The first-order valence-electron chi connectivity index (χ1n) is 9.98. The number of carbonyl (C=O) groups is 2. The number of anilines is 2. The molecule has 7 nitrogen and oxygen atoms in total. The monoisotopic (exact) mass is 409 g/mol. The van der Waals surface area contributed by atoms with Crippen LogP contribution >= 0.6 is 0 Å². The van der Waals surface area contributed by atoms with E-state index >= 15 is 0 Å². The third kappa shape index (κ3) is 4.33. The molecule has 0 radical (unpaired) electrons. The standard InChI is InChI=1S/C23H27N3O4/c1-22(2)9-11-26(12-10-22)18-13-15(23(3,4)21(28)29)5-7-17(18)25-20(27)19-8-6-16(14-24)30-19/h5-8,13H,9-12H2,1-4H3,(H,25,27)(H,28,29). The molecule has 0 bridgehead atoms. The molecule has 1 saturated heterocycles. The number of hydrogen-bond donors (Lipinski definition) is 2. The van der Waals surface area contributed by atoms with Crippen LogP contribution in [-0.4, -0.2) is 30.1 Å². The molecule has 30 heavy (non-hydrogen) atoms. The van der Waals surface area contributed by atoms with Crippen LogP contribution in [0, 0.1) is 16.7 Å². The van der Waals surface area contributed by atoms with Crippen molar-refractivity contribution in [3.8, 4) is 6.07 Å². The maximum absolute atomic E-state index is 12.6. The number of furan rings is 1. The Morgan fingerprint density at radius 1 is 1.20 bits per heavy atom. The Morgan fingerprint density at radius 3 is 2.43 bits per heavy atom. The summed E-state index contributed by atoms with van der Waals surface area (Å²) in [6.45, 7) is 9.43. The number of hydrogen-bond acceptors (Lipinski definition) is 5. The van der Waals surface area contributed by atoms with Gasteiger partial charge in [-0.2, -0.15) is 5.26 Å². The lowest BCUT2D eigenvalue weighted by Gasteiger charge is -2.39. The van der Waals surface area contributed by atoms with Crippen molar-refractivity contribution >= 4 is 23.3 Å². The molecule has 1 aliphatic heterocycles. The van der Waals surface area contributed by atoms with E-state index in [0.717, 1.165) is 31.6 Å². The summed E-state index contributed by atoms with van der Waals surface area (Å²) in [5.41, 5.74) is 1.23. The van der Waals surface area contributed by atoms with Crippen molar-refractivity contribution in [2.45, 2.75) is 46.0 Å². The van der Waals surface area contributed by atoms with Crippen LogP contribution in [0.2, 0.25) is 0 Å². The number of benzene rings is 1. The molecule has 2 N–H and O–H groups in total. The average Bonchev–Trinajstić information content (AvgIpc) is 3.17. The summed E-state index contributed by atoms with van der Waals surface area (Å²) in [6, 6.07) is 10.1. The summed E-state index contributed by atoms with van der Waals surface area (Å²) in [4.78, 5) is 26.6. The summed E-state index contributed by atoms with van der Waals surface area (Å²) in [7, 11) is 0. The molecule has 7 heteroatoms. The number of carbonyl (C=O) groups excluding carboxylic acids is 1. The van der Waals surface area contributed by atoms with Gasteiger partial charge in [0.25, 0.3) is 5.91 Å². The molecule has 0 unspecified atom stereocenters. The van der Waals surface area contributed by atoms with Crippen molar-refractivity contribution < 1.29 is 19.1 Å². The molecule has 0 saturated carbocycles. The van der Waals surface area contributed by atoms with Gasteiger partial charge in [-0.1, -0.05) is 19.9 Å². The van der Waals surface area contributed by atoms with E-state index in [1.54, 1.807) is 26.0 Å². The third-order valence-corrected chi connectivity index (χ3v) is 5.90. The molecule has 1 fully saturated rings. The number of nitriles is 1. The van der Waals surface area contributed by atoms with Crippen molar-refractivity contribution in [1.29, 1.82) is 5.26 Å². The predicted molar refractivity (Wildman–Crippen MR) is 114 cm³/mol. The predicted octanol–water partition coefficient (Wildman–Crippen LogP) is 4.39. The fourth-order valence-corrected chi connectivity index (χ4v) is 3.47. The zero-order valence-corrected chi connectivity index (χ0v) is 17.8. The van der Waals surface area contributed by atoms with Crippen LogP contribution < -0.4 is 10.2 Å². The fourth-order valence-electron chi connectivity index (χ4n) is 3.47. The highest BCUT2D eigenvalue weighted by Crippen LogP contribution is 2.38. The summed E-state index contributed by atoms with van der Waals surface area (Å²) in [6.07, 6.45) is 1.99. The lowest BCUT2D eigenvalue weighted by molar-refractivity contribution is -0.142. The van der Waals surface area contributed by atoms with Gasteiger partial charge in [0.1, 0.15) is 6.07 Å². The first-order chi connectivity index (χ1) is 14.0. The topological polar surface area (TPSA) is 107 Å². The molecule has 2 heterocycles. The summed E-state index contributed by atoms with van der Waals surface area (Å²) >= 11 is 0. The van der Waals surface area contributed by atoms with Gasteiger partial charge in [0.05, 0.1) is 16.8 Å². The van der Waals surface area contributed by atoms with Crippen molar-refractivity contribution in [2.24, 2.45) is 5.41 Å². The van der Waals surface area contributed by atoms with Crippen LogP contribution in [-0.2, 0) is 10.2 Å². The smallest absolute Gasteiger partial charge is 0.313 e. The van der Waals surface area contributed by atoms with E-state index in [2.05, 4.69) is 24.1 Å². The second-order valence-corrected chi connectivity index (χ2v) is 9.04. The average molecular weight is 409 g/mol. The Balaban J connectivity index is 1.96. The Bertz CT molecular complexity index is 1000. The Morgan fingerprint density at radius 2 is 1.87 bits per heavy atom. The minimum atomic E-state index is -1.06. The molecule has 0 aliphatic carbocycles. The number of aliphatic carboxylic acids is 1. The van der Waals surface area contributed by atoms with Gasteiger partial charge in [-0.25, -0.2) is 0 Å². The number of carboxylic acids is 1. The molecular formula is C23H27N3O4. The molecule has 3 rings (SSSR count). The first kappa shape index (κ1) is 21.4. The Hall–Kier alpha value is -3.27. The molecule has 1 aliphatic rings. The normalized spacial score (nSPS) is 16.0. The molecule has 2 aromatic rings. The van der Waals surface area contributed by atoms with Crippen molar-refractivity contribution in [3.63, 3.8) is 0 Å². The van der Waals surface area contributed by atoms with Crippen LogP contribution in [0.15, 0.2) is 34.7 Å². The molecule has 1 aromatic heterocycles. The van der Waals surface area contributed by atoms with Gasteiger partial charge in [-0.05, 0) is 61.9 Å². The number of nitrogens with one attached hydrogen (secondary N) is 1. The SMILES string of the molecule is CC1(C)CCN(c2cc(C(C)(C)C(=O)O)ccc2NC(=O)c2ccc(C#N)o2)CC1. The van der Waals surface area contributed by atoms with E-state index in [1.807, 2.05) is 12.1 Å². The molecule has 158 valence electrons. The molecular weight excluding hydrogens is 382 g/mol. The van der Waals surface area contributed by atoms with Gasteiger partial charge in [0, 0.05) is 13.1 Å². The van der Waals surface area contributed by atoms with Gasteiger partial charge in [0.2, 0.25) is 5.76 Å². The van der Waals surface area contributed by atoms with Crippen LogP contribution in [0.3, 0.4) is 0 Å². The zero-order valence-electron chi connectivity index (χ0n) is 17.8. The minimum absolute atomic E-state index is 0.0484. The highest BCUT2D eigenvalue weighted by Gasteiger charge is 2.32. The maximum Gasteiger partial charge on any atom is 0.313 e. The van der Waals surface area contributed by atoms with E-state index in [4.69, 9.17) is 9.68 Å². The van der Waals surface area contributed by atoms with Gasteiger partial charge < -0.3 is 19.7 Å². The summed E-state index contributed by atoms with van der Waals surface area (Å²) < 4.78 is 5.22. The van der Waals surface area contributed by atoms with E-state index in [-0.39, 0.29) is 16.9 Å². The molecule has 1 amide bonds. The molecule has 0 spiro atoms. The number of amides is 1. The van der Waals surface area contributed by atoms with Gasteiger partial charge >= 0.3 is 5.97 Å². The molecule has 0 atom stereocenters. The quantitative estimate of drug-likeness (QED) is 0.758. The lowest BCUT2D eigenvalue weighted by atomic mass is 9.81. The van der Waals surface area contributed by atoms with Crippen molar-refractivity contribution in [3.05, 3.63) is 47.4 Å². The Kier molecular flexibility index (Phi) is 5.62. The number of piperidine rings is 1. The largest absolute Gasteiger partial charge is 0.481 e. The van der Waals surface area contributed by atoms with Crippen LogP contribution in [0.25, 0.3) is 0 Å². The number of rotatable bonds is 5. The van der Waals surface area contributed by atoms with Crippen molar-refractivity contribution in [1.82, 2.24) is 0 Å². The van der Waals surface area contributed by atoms with E-state index in [1.165, 1.54) is 12.1 Å². The van der Waals surface area contributed by atoms with E-state index in [0.29, 0.717) is 11.3 Å². The minimum Gasteiger partial charge on any atom is -0.481 e. The van der Waals surface area contributed by atoms with Crippen LogP contribution in [0.5, 0.6) is 0 Å². The third-order valence-electron chi connectivity index (χ3n) is 5.90. The Labute approximate surface area is 176 Å². The fraction of sp³-hybridized carbons (Fsp3) is 0.435. The number of nitrogens with zero attached hydrogens (tertiary/aromatic N) is 2. The van der Waals surface area contributed by atoms with Crippen molar-refractivity contribution in [2.75, 3.05) is 23.3 Å². The van der Waals surface area contributed by atoms with Gasteiger partial charge in [0.15, 0.2) is 5.76 Å². The highest BCUT2D eigenvalue weighted by molar-refractivity contribution is 6.04. The number of carboxylic acid groups (broad SMARTS) is 1. The highest BCUT2D eigenvalue weighted by atomic mass is 16.4. The zero-order chi connectivity index (χ0) is 22.1. The molecule has 1 aromatic carbocycles. The van der Waals surface area contributed by atoms with Gasteiger partial charge in [-0.15, -0.1) is 0 Å². The summed E-state index contributed by atoms with van der Waals surface area (Å²) in [5, 5.41) is 21.4. The van der Waals surface area contributed by atoms with Crippen LogP contribution in [0.4, 0.5) is 11.4 Å². The lowest BCUT2D eigenvalue weighted by Crippen LogP contribution is -2.38. The maximum atomic E-state index is 12.6. The second-order valence-electron chi connectivity index (χ2n) is 9.04. The van der Waals surface area contributed by atoms with Gasteiger partial charge in [-0.3, -0.25) is 9.59 Å². The summed E-state index contributed by atoms with van der Waals surface area (Å²) in [5.74, 6) is -1.26. The second kappa shape index (κ2) is 7.86. The van der Waals surface area contributed by atoms with E-state index in [9.17, 15) is 14.7 Å².